The Morgan fingerprint density at radius 2 is 1.34 bits per heavy atom. The van der Waals surface area contributed by atoms with Gasteiger partial charge in [0.25, 0.3) is 23.4 Å². The van der Waals surface area contributed by atoms with Crippen LogP contribution in [0.4, 0.5) is 10.5 Å². The summed E-state index contributed by atoms with van der Waals surface area (Å²) in [5.41, 5.74) is 0.228. The van der Waals surface area contributed by atoms with Crippen LogP contribution in [0.15, 0.2) is 36.8 Å². The molecule has 220 valence electrons. The molecule has 0 aliphatic carbocycles. The first-order chi connectivity index (χ1) is 19.2. The fraction of sp³-hybridized carbons (Fsp3) is 0.385. The van der Waals surface area contributed by atoms with E-state index in [-0.39, 0.29) is 35.2 Å². The molecule has 0 radical (unpaired) electrons. The minimum Gasteiger partial charge on any atom is -0.465 e. The number of aryl methyl sites for hydroxylation is 1. The lowest BCUT2D eigenvalue weighted by Crippen LogP contribution is -2.45. The van der Waals surface area contributed by atoms with E-state index in [1.165, 1.54) is 53.6 Å². The highest BCUT2D eigenvalue weighted by Gasteiger charge is 2.26. The smallest absolute Gasteiger partial charge is 0.407 e. The third-order valence-corrected chi connectivity index (χ3v) is 6.46. The molecule has 0 spiro atoms. The molecule has 15 heteroatoms. The second kappa shape index (κ2) is 12.0. The summed E-state index contributed by atoms with van der Waals surface area (Å²) >= 11 is 0. The average Bonchev–Trinajstić information content (AvgIpc) is 3.65. The molecule has 0 aliphatic heterocycles. The summed E-state index contributed by atoms with van der Waals surface area (Å²) in [5.74, 6) is -1.43. The van der Waals surface area contributed by atoms with Crippen LogP contribution in [0.1, 0.15) is 58.7 Å². The predicted octanol–water partition coefficient (Wildman–Crippen LogP) is 2.23. The number of aromatic nitrogens is 3. The molecule has 0 bridgehead atoms. The van der Waals surface area contributed by atoms with Crippen molar-refractivity contribution in [2.45, 2.75) is 39.3 Å². The maximum atomic E-state index is 12.9. The van der Waals surface area contributed by atoms with Gasteiger partial charge in [0.15, 0.2) is 0 Å². The van der Waals surface area contributed by atoms with Gasteiger partial charge in [0, 0.05) is 58.2 Å². The van der Waals surface area contributed by atoms with E-state index in [1.54, 1.807) is 37.6 Å². The quantitative estimate of drug-likeness (QED) is 0.212. The minimum atomic E-state index is -1.05. The van der Waals surface area contributed by atoms with Crippen LogP contribution in [0.25, 0.3) is 11.4 Å². The number of carbonyl (C=O) groups is 4. The first kappa shape index (κ1) is 30.5. The van der Waals surface area contributed by atoms with Crippen LogP contribution < -0.4 is 16.0 Å². The molecule has 3 heterocycles. The zero-order chi connectivity index (χ0) is 30.6. The topological polar surface area (TPSA) is 186 Å². The van der Waals surface area contributed by atoms with Gasteiger partial charge in [-0.15, -0.1) is 0 Å². The van der Waals surface area contributed by atoms with Crippen molar-refractivity contribution >= 4 is 29.5 Å². The highest BCUT2D eigenvalue weighted by molar-refractivity contribution is 5.96. The highest BCUT2D eigenvalue weighted by atomic mass is 16.6. The largest absolute Gasteiger partial charge is 0.465 e. The molecule has 4 N–H and O–H groups in total. The van der Waals surface area contributed by atoms with E-state index in [9.17, 15) is 34.4 Å². The van der Waals surface area contributed by atoms with E-state index >= 15 is 0 Å². The van der Waals surface area contributed by atoms with Crippen LogP contribution in [0.3, 0.4) is 0 Å². The van der Waals surface area contributed by atoms with E-state index in [2.05, 4.69) is 16.0 Å². The van der Waals surface area contributed by atoms with E-state index in [4.69, 9.17) is 0 Å². The number of rotatable bonds is 10. The van der Waals surface area contributed by atoms with Gasteiger partial charge < -0.3 is 39.7 Å². The molecule has 0 fully saturated rings. The standard InChI is InChI=1S/C26H34N8O7/c1-26(2,3)33(25(38)39)9-7-8-30-13-16(10-19(30)22(35)27-4)31-14-17(11-20(31)23(36)28-5)32-15-18(34(40)41)12-21(32)24(37)29-6/h10-15H,7-9H2,1-6H3,(H,27,35)(H,28,36)(H,29,37)(H,38,39). The Bertz CT molecular complexity index is 1490. The molecular weight excluding hydrogens is 536 g/mol. The number of nitro groups is 1. The lowest BCUT2D eigenvalue weighted by Gasteiger charge is -2.33. The van der Waals surface area contributed by atoms with Gasteiger partial charge in [-0.3, -0.25) is 24.5 Å². The Hall–Kier alpha value is -5.08. The summed E-state index contributed by atoms with van der Waals surface area (Å²) in [5, 5.41) is 28.6. The van der Waals surface area contributed by atoms with E-state index in [0.29, 0.717) is 24.3 Å². The van der Waals surface area contributed by atoms with Crippen molar-refractivity contribution in [2.24, 2.45) is 0 Å². The van der Waals surface area contributed by atoms with E-state index < -0.39 is 28.4 Å². The van der Waals surface area contributed by atoms with Crippen LogP contribution in [0.2, 0.25) is 0 Å². The monoisotopic (exact) mass is 570 g/mol. The molecule has 0 aliphatic rings. The predicted molar refractivity (Wildman–Crippen MR) is 149 cm³/mol. The number of amides is 4. The summed E-state index contributed by atoms with van der Waals surface area (Å²) in [6, 6.07) is 4.18. The van der Waals surface area contributed by atoms with Gasteiger partial charge in [0.05, 0.1) is 22.5 Å². The van der Waals surface area contributed by atoms with Gasteiger partial charge in [-0.2, -0.15) is 0 Å². The SMILES string of the molecule is CNC(=O)c1cc(-n2cc(-n3cc([N+](=O)[O-])cc3C(=O)NC)cc2C(=O)NC)cn1CCCN(C(=O)O)C(C)(C)C. The van der Waals surface area contributed by atoms with Crippen LogP contribution in [-0.4, -0.2) is 85.7 Å². The van der Waals surface area contributed by atoms with Crippen LogP contribution >= 0.6 is 0 Å². The van der Waals surface area contributed by atoms with Crippen molar-refractivity contribution in [1.82, 2.24) is 34.6 Å². The molecule has 0 atom stereocenters. The number of nitrogens with one attached hydrogen (secondary N) is 3. The first-order valence-corrected chi connectivity index (χ1v) is 12.7. The maximum absolute atomic E-state index is 12.9. The molecule has 0 unspecified atom stereocenters. The normalized spacial score (nSPS) is 11.2. The van der Waals surface area contributed by atoms with Crippen molar-refractivity contribution in [3.8, 4) is 11.4 Å². The van der Waals surface area contributed by atoms with E-state index in [0.717, 1.165) is 6.07 Å². The number of nitrogens with zero attached hydrogens (tertiary/aromatic N) is 5. The van der Waals surface area contributed by atoms with Crippen molar-refractivity contribution in [1.29, 1.82) is 0 Å². The van der Waals surface area contributed by atoms with Gasteiger partial charge in [-0.25, -0.2) is 4.79 Å². The molecule has 3 aromatic rings. The first-order valence-electron chi connectivity index (χ1n) is 12.7. The third-order valence-electron chi connectivity index (χ3n) is 6.46. The minimum absolute atomic E-state index is 0.00902. The Morgan fingerprint density at radius 1 is 0.854 bits per heavy atom. The summed E-state index contributed by atoms with van der Waals surface area (Å²) in [6.07, 6.45) is 3.72. The molecular formula is C26H34N8O7. The van der Waals surface area contributed by atoms with Gasteiger partial charge in [0.2, 0.25) is 0 Å². The average molecular weight is 571 g/mol. The van der Waals surface area contributed by atoms with Gasteiger partial charge >= 0.3 is 6.09 Å². The molecule has 0 aromatic carbocycles. The number of hydrogen-bond donors (Lipinski definition) is 4. The molecule has 3 rings (SSSR count). The van der Waals surface area contributed by atoms with Crippen LogP contribution in [0, 0.1) is 10.1 Å². The van der Waals surface area contributed by atoms with Crippen molar-refractivity contribution in [3.05, 3.63) is 64.0 Å². The number of hydrogen-bond acceptors (Lipinski definition) is 6. The molecule has 3 aromatic heterocycles. The van der Waals surface area contributed by atoms with Crippen LogP contribution in [0.5, 0.6) is 0 Å². The fourth-order valence-corrected chi connectivity index (χ4v) is 4.41. The van der Waals surface area contributed by atoms with Crippen molar-refractivity contribution in [2.75, 3.05) is 27.7 Å². The Labute approximate surface area is 235 Å². The summed E-state index contributed by atoms with van der Waals surface area (Å²) in [4.78, 5) is 61.9. The fourth-order valence-electron chi connectivity index (χ4n) is 4.41. The highest BCUT2D eigenvalue weighted by Crippen LogP contribution is 2.26. The Morgan fingerprint density at radius 3 is 1.85 bits per heavy atom. The summed E-state index contributed by atoms with van der Waals surface area (Å²) in [7, 11) is 4.32. The lowest BCUT2D eigenvalue weighted by atomic mass is 10.1. The second-order valence-electron chi connectivity index (χ2n) is 10.1. The maximum Gasteiger partial charge on any atom is 0.407 e. The van der Waals surface area contributed by atoms with Crippen molar-refractivity contribution in [3.63, 3.8) is 0 Å². The van der Waals surface area contributed by atoms with Gasteiger partial charge in [-0.1, -0.05) is 0 Å². The second-order valence-corrected chi connectivity index (χ2v) is 10.1. The number of carboxylic acid groups (broad SMARTS) is 1. The molecule has 15 nitrogen and oxygen atoms in total. The van der Waals surface area contributed by atoms with Gasteiger partial charge in [0.1, 0.15) is 17.1 Å². The molecule has 0 saturated heterocycles. The molecule has 0 saturated carbocycles. The zero-order valence-electron chi connectivity index (χ0n) is 23.7. The lowest BCUT2D eigenvalue weighted by molar-refractivity contribution is -0.384. The van der Waals surface area contributed by atoms with Gasteiger partial charge in [-0.05, 0) is 39.3 Å². The number of carbonyl (C=O) groups excluding carboxylic acids is 3. The molecule has 41 heavy (non-hydrogen) atoms. The van der Waals surface area contributed by atoms with Crippen molar-refractivity contribution < 1.29 is 29.2 Å². The third kappa shape index (κ3) is 6.40. The summed E-state index contributed by atoms with van der Waals surface area (Å²) in [6.45, 7) is 5.92. The van der Waals surface area contributed by atoms with E-state index in [1.807, 2.05) is 0 Å². The summed E-state index contributed by atoms with van der Waals surface area (Å²) < 4.78 is 4.49. The Kier molecular flexibility index (Phi) is 8.90. The zero-order valence-corrected chi connectivity index (χ0v) is 23.7. The van der Waals surface area contributed by atoms with Crippen LogP contribution in [-0.2, 0) is 6.54 Å². The Balaban J connectivity index is 2.09. The molecule has 4 amide bonds.